The van der Waals surface area contributed by atoms with Crippen molar-refractivity contribution in [2.75, 3.05) is 6.54 Å². The molecule has 2 heterocycles. The molecular weight excluding hydrogens is 415 g/mol. The van der Waals surface area contributed by atoms with Crippen molar-refractivity contribution in [3.05, 3.63) is 70.7 Å². The summed E-state index contributed by atoms with van der Waals surface area (Å²) in [4.78, 5) is 17.7. The number of hydrogen-bond acceptors (Lipinski definition) is 2. The fraction of sp³-hybridized carbons (Fsp3) is 0.320. The Morgan fingerprint density at radius 1 is 1.25 bits per heavy atom. The minimum absolute atomic E-state index is 0.159. The number of aromatic amines is 1. The molecule has 2 N–H and O–H groups in total. The Labute approximate surface area is 184 Å². The summed E-state index contributed by atoms with van der Waals surface area (Å²) in [5, 5.41) is 3.80. The van der Waals surface area contributed by atoms with Crippen LogP contribution in [0, 0.1) is 29.8 Å². The Hall–Kier alpha value is -3.24. The van der Waals surface area contributed by atoms with E-state index in [1.165, 1.54) is 18.2 Å². The van der Waals surface area contributed by atoms with Crippen LogP contribution in [0.2, 0.25) is 0 Å². The van der Waals surface area contributed by atoms with Gasteiger partial charge in [0, 0.05) is 23.6 Å². The van der Waals surface area contributed by atoms with Gasteiger partial charge in [0.05, 0.1) is 11.7 Å². The van der Waals surface area contributed by atoms with Crippen LogP contribution in [0.15, 0.2) is 36.4 Å². The van der Waals surface area contributed by atoms with Gasteiger partial charge in [0.15, 0.2) is 0 Å². The van der Waals surface area contributed by atoms with Crippen LogP contribution in [-0.2, 0) is 16.8 Å². The maximum Gasteiger partial charge on any atom is 0.300 e. The molecule has 0 saturated heterocycles. The summed E-state index contributed by atoms with van der Waals surface area (Å²) >= 11 is 0. The molecule has 2 atom stereocenters. The molecule has 3 aromatic rings. The Morgan fingerprint density at radius 2 is 1.97 bits per heavy atom. The number of amides is 1. The number of H-pyrrole nitrogens is 1. The molecule has 0 bridgehead atoms. The normalized spacial score (nSPS) is 20.2. The first-order valence-electron chi connectivity index (χ1n) is 10.6. The number of unbranched alkanes of at least 4 members (excludes halogenated alkanes) is 1. The molecule has 0 radical (unpaired) electrons. The number of nitrogens with one attached hydrogen (secondary N) is 2. The predicted octanol–water partition coefficient (Wildman–Crippen LogP) is 4.58. The molecule has 1 aromatic heterocycles. The molecule has 4 nitrogen and oxygen atoms in total. The summed E-state index contributed by atoms with van der Waals surface area (Å²) < 4.78 is 42.5. The number of terminal acetylenes is 1. The highest BCUT2D eigenvalue weighted by atomic mass is 19.1. The SMILES string of the molecule is C#CC(=O)N1[C@@H](NCCCC)Cc2c([nH]c3c(F)cc(F)cc23)[C@]1(C)c1ccc(F)cc1. The topological polar surface area (TPSA) is 48.1 Å². The lowest BCUT2D eigenvalue weighted by Crippen LogP contribution is -2.62. The van der Waals surface area contributed by atoms with Crippen LogP contribution in [0.1, 0.15) is 43.5 Å². The van der Waals surface area contributed by atoms with Crippen LogP contribution in [0.5, 0.6) is 0 Å². The first-order valence-corrected chi connectivity index (χ1v) is 10.6. The third kappa shape index (κ3) is 3.45. The van der Waals surface area contributed by atoms with Gasteiger partial charge < -0.3 is 9.88 Å². The van der Waals surface area contributed by atoms with E-state index in [9.17, 15) is 18.0 Å². The summed E-state index contributed by atoms with van der Waals surface area (Å²) in [6, 6.07) is 7.87. The molecule has 0 aliphatic carbocycles. The maximum absolute atomic E-state index is 14.7. The van der Waals surface area contributed by atoms with Crippen molar-refractivity contribution < 1.29 is 18.0 Å². The van der Waals surface area contributed by atoms with Gasteiger partial charge in [-0.05, 0) is 55.1 Å². The highest BCUT2D eigenvalue weighted by Crippen LogP contribution is 2.45. The number of benzene rings is 2. The smallest absolute Gasteiger partial charge is 0.300 e. The Morgan fingerprint density at radius 3 is 2.62 bits per heavy atom. The molecule has 0 spiro atoms. The third-order valence-corrected chi connectivity index (χ3v) is 6.27. The average molecular weight is 439 g/mol. The molecule has 2 aromatic carbocycles. The van der Waals surface area contributed by atoms with E-state index in [1.54, 1.807) is 24.0 Å². The van der Waals surface area contributed by atoms with Crippen LogP contribution in [0.3, 0.4) is 0 Å². The lowest BCUT2D eigenvalue weighted by molar-refractivity contribution is -0.135. The van der Waals surface area contributed by atoms with E-state index in [-0.39, 0.29) is 5.52 Å². The summed E-state index contributed by atoms with van der Waals surface area (Å²) in [6.45, 7) is 4.47. The van der Waals surface area contributed by atoms with Crippen LogP contribution in [-0.4, -0.2) is 28.5 Å². The zero-order chi connectivity index (χ0) is 23.0. The van der Waals surface area contributed by atoms with Gasteiger partial charge in [0.1, 0.15) is 23.0 Å². The number of nitrogens with zero attached hydrogens (tertiary/aromatic N) is 1. The van der Waals surface area contributed by atoms with Gasteiger partial charge in [-0.15, -0.1) is 6.42 Å². The van der Waals surface area contributed by atoms with Crippen molar-refractivity contribution >= 4 is 16.8 Å². The summed E-state index contributed by atoms with van der Waals surface area (Å²) in [7, 11) is 0. The van der Waals surface area contributed by atoms with Gasteiger partial charge >= 0.3 is 5.91 Å². The molecule has 0 fully saturated rings. The van der Waals surface area contributed by atoms with Crippen molar-refractivity contribution in [3.63, 3.8) is 0 Å². The van der Waals surface area contributed by atoms with Gasteiger partial charge in [-0.1, -0.05) is 25.5 Å². The summed E-state index contributed by atoms with van der Waals surface area (Å²) in [5.41, 5.74) is 0.808. The van der Waals surface area contributed by atoms with Gasteiger partial charge in [-0.25, -0.2) is 13.2 Å². The van der Waals surface area contributed by atoms with E-state index in [2.05, 4.69) is 23.1 Å². The number of halogens is 3. The Bertz CT molecular complexity index is 1210. The van der Waals surface area contributed by atoms with E-state index in [0.717, 1.165) is 18.9 Å². The third-order valence-electron chi connectivity index (χ3n) is 6.27. The first-order chi connectivity index (χ1) is 15.3. The van der Waals surface area contributed by atoms with E-state index < -0.39 is 35.1 Å². The summed E-state index contributed by atoms with van der Waals surface area (Å²) in [5.74, 6) is -0.181. The van der Waals surface area contributed by atoms with Crippen LogP contribution in [0.4, 0.5) is 13.2 Å². The van der Waals surface area contributed by atoms with E-state index in [4.69, 9.17) is 6.42 Å². The van der Waals surface area contributed by atoms with Crippen molar-refractivity contribution in [3.8, 4) is 12.3 Å². The van der Waals surface area contributed by atoms with E-state index >= 15 is 0 Å². The molecule has 7 heteroatoms. The average Bonchev–Trinajstić information content (AvgIpc) is 3.13. The van der Waals surface area contributed by atoms with Gasteiger partial charge in [-0.2, -0.15) is 0 Å². The fourth-order valence-electron chi connectivity index (χ4n) is 4.70. The number of rotatable bonds is 5. The number of fused-ring (bicyclic) bond motifs is 3. The van der Waals surface area contributed by atoms with Gasteiger partial charge in [0.2, 0.25) is 0 Å². The Kier molecular flexibility index (Phi) is 5.74. The van der Waals surface area contributed by atoms with Gasteiger partial charge in [0.25, 0.3) is 0 Å². The number of carbonyl (C=O) groups is 1. The number of hydrogen-bond donors (Lipinski definition) is 2. The molecular formula is C25H24F3N3O. The standard InChI is InChI=1S/C25H24F3N3O/c1-4-6-11-29-21-14-19-18-12-17(27)13-20(28)23(18)30-24(19)25(3,31(21)22(32)5-2)15-7-9-16(26)10-8-15/h2,7-10,12-13,21,29-30H,4,6,11,14H2,1,3H3/t21-,25+/m1/s1. The fourth-order valence-corrected chi connectivity index (χ4v) is 4.70. The minimum Gasteiger partial charge on any atom is -0.354 e. The summed E-state index contributed by atoms with van der Waals surface area (Å²) in [6.07, 6.45) is 7.16. The van der Waals surface area contributed by atoms with Crippen molar-refractivity contribution in [2.45, 2.75) is 44.8 Å². The molecule has 1 aliphatic rings. The Balaban J connectivity index is 2.00. The molecule has 4 rings (SSSR count). The number of aromatic nitrogens is 1. The van der Waals surface area contributed by atoms with Crippen LogP contribution < -0.4 is 5.32 Å². The predicted molar refractivity (Wildman–Crippen MR) is 117 cm³/mol. The second-order valence-electron chi connectivity index (χ2n) is 8.21. The minimum atomic E-state index is -1.17. The van der Waals surface area contributed by atoms with Gasteiger partial charge in [-0.3, -0.25) is 10.1 Å². The first kappa shape index (κ1) is 22.0. The largest absolute Gasteiger partial charge is 0.354 e. The quantitative estimate of drug-likeness (QED) is 0.452. The molecule has 0 saturated carbocycles. The second-order valence-corrected chi connectivity index (χ2v) is 8.21. The van der Waals surface area contributed by atoms with Crippen molar-refractivity contribution in [1.82, 2.24) is 15.2 Å². The molecule has 32 heavy (non-hydrogen) atoms. The second kappa shape index (κ2) is 8.36. The zero-order valence-corrected chi connectivity index (χ0v) is 17.9. The molecule has 0 unspecified atom stereocenters. The lowest BCUT2D eigenvalue weighted by Gasteiger charge is -2.49. The molecule has 1 aliphatic heterocycles. The number of carbonyl (C=O) groups excluding carboxylic acids is 1. The highest BCUT2D eigenvalue weighted by molar-refractivity contribution is 5.95. The van der Waals surface area contributed by atoms with E-state index in [1.807, 2.05) is 0 Å². The van der Waals surface area contributed by atoms with Crippen molar-refractivity contribution in [2.24, 2.45) is 0 Å². The van der Waals surface area contributed by atoms with Crippen molar-refractivity contribution in [1.29, 1.82) is 0 Å². The zero-order valence-electron chi connectivity index (χ0n) is 17.9. The molecule has 1 amide bonds. The monoisotopic (exact) mass is 439 g/mol. The van der Waals surface area contributed by atoms with Crippen LogP contribution in [0.25, 0.3) is 10.9 Å². The lowest BCUT2D eigenvalue weighted by atomic mass is 9.79. The van der Waals surface area contributed by atoms with E-state index in [0.29, 0.717) is 35.2 Å². The highest BCUT2D eigenvalue weighted by Gasteiger charge is 2.48. The maximum atomic E-state index is 14.7. The van der Waals surface area contributed by atoms with Crippen LogP contribution >= 0.6 is 0 Å². The molecule has 166 valence electrons.